The van der Waals surface area contributed by atoms with E-state index in [1.54, 1.807) is 19.2 Å². The zero-order chi connectivity index (χ0) is 19.3. The lowest BCUT2D eigenvalue weighted by Crippen LogP contribution is -2.46. The van der Waals surface area contributed by atoms with Crippen LogP contribution in [0.5, 0.6) is 0 Å². The van der Waals surface area contributed by atoms with Crippen molar-refractivity contribution in [3.8, 4) is 11.4 Å². The lowest BCUT2D eigenvalue weighted by molar-refractivity contribution is 0.0526. The summed E-state index contributed by atoms with van der Waals surface area (Å²) in [5.74, 6) is 1.31. The molecule has 0 N–H and O–H groups in total. The van der Waals surface area contributed by atoms with E-state index in [0.717, 1.165) is 48.5 Å². The van der Waals surface area contributed by atoms with Crippen LogP contribution in [0.1, 0.15) is 17.3 Å². The minimum Gasteiger partial charge on any atom is -0.462 e. The number of hydrogen-bond donors (Lipinski definition) is 0. The average molecular weight is 395 g/mol. The van der Waals surface area contributed by atoms with Crippen LogP contribution in [0.15, 0.2) is 48.7 Å². The van der Waals surface area contributed by atoms with E-state index in [-0.39, 0.29) is 5.97 Å². The molecular formula is C20H21N5O2S. The highest BCUT2D eigenvalue weighted by molar-refractivity contribution is 7.09. The summed E-state index contributed by atoms with van der Waals surface area (Å²) in [7, 11) is 0. The molecule has 1 aromatic carbocycles. The molecule has 0 atom stereocenters. The summed E-state index contributed by atoms with van der Waals surface area (Å²) in [6.07, 6.45) is 1.58. The van der Waals surface area contributed by atoms with Crippen molar-refractivity contribution in [3.05, 3.63) is 54.2 Å². The van der Waals surface area contributed by atoms with Crippen molar-refractivity contribution in [2.24, 2.45) is 0 Å². The van der Waals surface area contributed by atoms with Crippen molar-refractivity contribution in [3.63, 3.8) is 0 Å². The van der Waals surface area contributed by atoms with Crippen molar-refractivity contribution in [1.82, 2.24) is 14.3 Å². The van der Waals surface area contributed by atoms with Crippen LogP contribution >= 0.6 is 11.5 Å². The number of carbonyl (C=O) groups excluding carboxylic acids is 1. The second kappa shape index (κ2) is 8.35. The van der Waals surface area contributed by atoms with Gasteiger partial charge in [0.25, 0.3) is 0 Å². The average Bonchev–Trinajstić information content (AvgIpc) is 3.25. The monoisotopic (exact) mass is 395 g/mol. The molecule has 28 heavy (non-hydrogen) atoms. The molecule has 0 spiro atoms. The fourth-order valence-corrected chi connectivity index (χ4v) is 3.82. The summed E-state index contributed by atoms with van der Waals surface area (Å²) in [5.41, 5.74) is 1.51. The van der Waals surface area contributed by atoms with E-state index in [4.69, 9.17) is 9.72 Å². The van der Waals surface area contributed by atoms with Crippen LogP contribution in [0.3, 0.4) is 0 Å². The SMILES string of the molecule is CCOC(=O)c1ccc(N2CCN(c3nc(-c4ccccc4)ns3)CC2)nc1. The van der Waals surface area contributed by atoms with Gasteiger partial charge < -0.3 is 14.5 Å². The molecule has 1 aliphatic heterocycles. The first-order valence-corrected chi connectivity index (χ1v) is 10.0. The van der Waals surface area contributed by atoms with E-state index in [0.29, 0.717) is 12.2 Å². The van der Waals surface area contributed by atoms with Gasteiger partial charge in [-0.05, 0) is 19.1 Å². The Balaban J connectivity index is 1.37. The first kappa shape index (κ1) is 18.4. The normalized spacial score (nSPS) is 14.2. The Hall–Kier alpha value is -3.00. The van der Waals surface area contributed by atoms with E-state index in [2.05, 4.69) is 19.2 Å². The summed E-state index contributed by atoms with van der Waals surface area (Å²) in [4.78, 5) is 25.3. The van der Waals surface area contributed by atoms with Gasteiger partial charge >= 0.3 is 5.97 Å². The second-order valence-electron chi connectivity index (χ2n) is 6.37. The van der Waals surface area contributed by atoms with E-state index >= 15 is 0 Å². The number of anilines is 2. The molecular weight excluding hydrogens is 374 g/mol. The Bertz CT molecular complexity index is 921. The van der Waals surface area contributed by atoms with Crippen LogP contribution in [-0.2, 0) is 4.74 Å². The highest BCUT2D eigenvalue weighted by Gasteiger charge is 2.21. The molecule has 0 bridgehead atoms. The molecule has 0 aliphatic carbocycles. The number of carbonyl (C=O) groups is 1. The van der Waals surface area contributed by atoms with Crippen molar-refractivity contribution >= 4 is 28.5 Å². The lowest BCUT2D eigenvalue weighted by Gasteiger charge is -2.35. The van der Waals surface area contributed by atoms with Crippen molar-refractivity contribution in [2.75, 3.05) is 42.6 Å². The molecule has 1 saturated heterocycles. The first-order chi connectivity index (χ1) is 13.7. The van der Waals surface area contributed by atoms with Gasteiger partial charge in [0.2, 0.25) is 5.13 Å². The van der Waals surface area contributed by atoms with Crippen LogP contribution < -0.4 is 9.80 Å². The summed E-state index contributed by atoms with van der Waals surface area (Å²) in [6, 6.07) is 13.7. The maximum Gasteiger partial charge on any atom is 0.339 e. The van der Waals surface area contributed by atoms with Crippen LogP contribution in [0, 0.1) is 0 Å². The first-order valence-electron chi connectivity index (χ1n) is 9.27. The maximum absolute atomic E-state index is 11.7. The number of ether oxygens (including phenoxy) is 1. The Morgan fingerprint density at radius 3 is 2.50 bits per heavy atom. The number of benzene rings is 1. The van der Waals surface area contributed by atoms with Gasteiger partial charge in [-0.2, -0.15) is 9.36 Å². The number of esters is 1. The molecule has 1 fully saturated rings. The largest absolute Gasteiger partial charge is 0.462 e. The van der Waals surface area contributed by atoms with Gasteiger partial charge in [0, 0.05) is 49.5 Å². The third-order valence-electron chi connectivity index (χ3n) is 4.58. The molecule has 0 unspecified atom stereocenters. The van der Waals surface area contributed by atoms with Gasteiger partial charge in [-0.15, -0.1) is 0 Å². The Labute approximate surface area is 167 Å². The second-order valence-corrected chi connectivity index (χ2v) is 7.10. The van der Waals surface area contributed by atoms with Gasteiger partial charge in [-0.3, -0.25) is 0 Å². The minimum atomic E-state index is -0.336. The number of rotatable bonds is 5. The van der Waals surface area contributed by atoms with E-state index < -0.39 is 0 Å². The van der Waals surface area contributed by atoms with Gasteiger partial charge in [-0.25, -0.2) is 9.78 Å². The molecule has 0 amide bonds. The zero-order valence-corrected chi connectivity index (χ0v) is 16.4. The molecule has 0 radical (unpaired) electrons. The zero-order valence-electron chi connectivity index (χ0n) is 15.6. The van der Waals surface area contributed by atoms with Crippen molar-refractivity contribution < 1.29 is 9.53 Å². The van der Waals surface area contributed by atoms with Gasteiger partial charge in [-0.1, -0.05) is 30.3 Å². The summed E-state index contributed by atoms with van der Waals surface area (Å²) in [5, 5.41) is 0.948. The molecule has 1 aliphatic rings. The fourth-order valence-electron chi connectivity index (χ4n) is 3.08. The number of pyridine rings is 1. The van der Waals surface area contributed by atoms with Crippen molar-refractivity contribution in [1.29, 1.82) is 0 Å². The number of aromatic nitrogens is 3. The summed E-state index contributed by atoms with van der Waals surface area (Å²) in [6.45, 7) is 5.54. The number of piperazine rings is 1. The third kappa shape index (κ3) is 3.96. The number of hydrogen-bond acceptors (Lipinski definition) is 8. The Kier molecular flexibility index (Phi) is 5.48. The molecule has 7 nitrogen and oxygen atoms in total. The molecule has 3 aromatic rings. The van der Waals surface area contributed by atoms with Crippen LogP contribution in [-0.4, -0.2) is 53.1 Å². The molecule has 4 rings (SSSR count). The fraction of sp³-hybridized carbons (Fsp3) is 0.300. The smallest absolute Gasteiger partial charge is 0.339 e. The number of nitrogens with zero attached hydrogens (tertiary/aromatic N) is 5. The van der Waals surface area contributed by atoms with Crippen LogP contribution in [0.4, 0.5) is 10.9 Å². The third-order valence-corrected chi connectivity index (χ3v) is 5.36. The summed E-state index contributed by atoms with van der Waals surface area (Å²) < 4.78 is 9.50. The van der Waals surface area contributed by atoms with Crippen molar-refractivity contribution in [2.45, 2.75) is 6.92 Å². The van der Waals surface area contributed by atoms with E-state index in [9.17, 15) is 4.79 Å². The lowest BCUT2D eigenvalue weighted by atomic mass is 10.2. The molecule has 3 heterocycles. The van der Waals surface area contributed by atoms with E-state index in [1.165, 1.54) is 11.5 Å². The Morgan fingerprint density at radius 2 is 1.82 bits per heavy atom. The Morgan fingerprint density at radius 1 is 1.07 bits per heavy atom. The minimum absolute atomic E-state index is 0.336. The van der Waals surface area contributed by atoms with Gasteiger partial charge in [0.1, 0.15) is 5.82 Å². The molecule has 144 valence electrons. The van der Waals surface area contributed by atoms with Gasteiger partial charge in [0.15, 0.2) is 5.82 Å². The quantitative estimate of drug-likeness (QED) is 0.615. The van der Waals surface area contributed by atoms with Crippen LogP contribution in [0.25, 0.3) is 11.4 Å². The maximum atomic E-state index is 11.7. The van der Waals surface area contributed by atoms with E-state index in [1.807, 2.05) is 36.4 Å². The predicted molar refractivity (Wildman–Crippen MR) is 110 cm³/mol. The predicted octanol–water partition coefficient (Wildman–Crippen LogP) is 3.10. The van der Waals surface area contributed by atoms with Gasteiger partial charge in [0.05, 0.1) is 12.2 Å². The molecule has 0 saturated carbocycles. The summed E-state index contributed by atoms with van der Waals surface area (Å²) >= 11 is 1.44. The molecule has 8 heteroatoms. The van der Waals surface area contributed by atoms with Crippen LogP contribution in [0.2, 0.25) is 0 Å². The molecule has 2 aromatic heterocycles. The highest BCUT2D eigenvalue weighted by Crippen LogP contribution is 2.25. The highest BCUT2D eigenvalue weighted by atomic mass is 32.1. The standard InChI is InChI=1S/C20H21N5O2S/c1-2-27-19(26)16-8-9-17(21-14-16)24-10-12-25(13-11-24)20-22-18(23-28-20)15-6-4-3-5-7-15/h3-9,14H,2,10-13H2,1H3. The topological polar surface area (TPSA) is 71.5 Å².